The fourth-order valence-corrected chi connectivity index (χ4v) is 3.47. The Morgan fingerprint density at radius 1 is 0.436 bits per heavy atom. The largest absolute Gasteiger partial charge is 0.326 e. The van der Waals surface area contributed by atoms with Crippen molar-refractivity contribution in [1.29, 1.82) is 0 Å². The molecule has 6 aromatic heterocycles. The lowest BCUT2D eigenvalue weighted by Crippen LogP contribution is -1.97. The minimum atomic E-state index is 0.529. The van der Waals surface area contributed by atoms with Crippen molar-refractivity contribution in [2.24, 2.45) is 5.73 Å². The predicted molar refractivity (Wildman–Crippen MR) is 155 cm³/mol. The molecule has 39 heavy (non-hydrogen) atoms. The second-order valence-electron chi connectivity index (χ2n) is 8.33. The SMILES string of the molecule is Cc1ccnc(-c2cc(CN)ccn2)c1.c1ccc(-c2ccccn2)nc1.c1ccc(-c2ccccn2)nc1. The summed E-state index contributed by atoms with van der Waals surface area (Å²) in [6.07, 6.45) is 10.6. The molecular formula is C32H29N7. The highest BCUT2D eigenvalue weighted by Gasteiger charge is 2.01. The monoisotopic (exact) mass is 511 g/mol. The Bertz CT molecular complexity index is 1380. The second-order valence-corrected chi connectivity index (χ2v) is 8.33. The van der Waals surface area contributed by atoms with Crippen LogP contribution >= 0.6 is 0 Å². The Labute approximate surface area is 228 Å². The number of aromatic nitrogens is 6. The van der Waals surface area contributed by atoms with Crippen molar-refractivity contribution in [2.75, 3.05) is 0 Å². The highest BCUT2D eigenvalue weighted by molar-refractivity contribution is 5.55. The van der Waals surface area contributed by atoms with E-state index in [1.807, 2.05) is 104 Å². The molecule has 192 valence electrons. The van der Waals surface area contributed by atoms with Crippen LogP contribution in [0.1, 0.15) is 11.1 Å². The van der Waals surface area contributed by atoms with E-state index in [9.17, 15) is 0 Å². The summed E-state index contributed by atoms with van der Waals surface area (Å²) >= 11 is 0. The maximum absolute atomic E-state index is 5.58. The summed E-state index contributed by atoms with van der Waals surface area (Å²) in [6.45, 7) is 2.57. The molecule has 6 rings (SSSR count). The van der Waals surface area contributed by atoms with Crippen LogP contribution in [0.3, 0.4) is 0 Å². The zero-order valence-electron chi connectivity index (χ0n) is 21.7. The number of nitrogens with zero attached hydrogens (tertiary/aromatic N) is 6. The average molecular weight is 512 g/mol. The smallest absolute Gasteiger partial charge is 0.0889 e. The molecule has 2 N–H and O–H groups in total. The van der Waals surface area contributed by atoms with Crippen molar-refractivity contribution in [3.63, 3.8) is 0 Å². The number of aryl methyl sites for hydroxylation is 1. The maximum atomic E-state index is 5.58. The highest BCUT2D eigenvalue weighted by Crippen LogP contribution is 2.16. The molecule has 0 unspecified atom stereocenters. The van der Waals surface area contributed by atoms with Crippen LogP contribution in [0.5, 0.6) is 0 Å². The quantitative estimate of drug-likeness (QED) is 0.301. The van der Waals surface area contributed by atoms with E-state index >= 15 is 0 Å². The van der Waals surface area contributed by atoms with Crippen molar-refractivity contribution >= 4 is 0 Å². The van der Waals surface area contributed by atoms with Crippen LogP contribution in [0.25, 0.3) is 34.2 Å². The molecule has 0 saturated heterocycles. The number of hydrogen-bond acceptors (Lipinski definition) is 7. The molecule has 0 aliphatic carbocycles. The molecular weight excluding hydrogens is 482 g/mol. The molecule has 0 spiro atoms. The molecule has 0 fully saturated rings. The lowest BCUT2D eigenvalue weighted by molar-refractivity contribution is 1.06. The van der Waals surface area contributed by atoms with E-state index in [2.05, 4.69) is 29.9 Å². The van der Waals surface area contributed by atoms with Crippen LogP contribution in [0.2, 0.25) is 0 Å². The van der Waals surface area contributed by atoms with E-state index in [0.29, 0.717) is 6.54 Å². The Kier molecular flexibility index (Phi) is 10.0. The van der Waals surface area contributed by atoms with Crippen molar-refractivity contribution in [3.05, 3.63) is 145 Å². The Morgan fingerprint density at radius 2 is 0.821 bits per heavy atom. The summed E-state index contributed by atoms with van der Waals surface area (Å²) in [5.41, 5.74) is 13.3. The summed E-state index contributed by atoms with van der Waals surface area (Å²) in [6, 6.07) is 31.1. The molecule has 0 atom stereocenters. The van der Waals surface area contributed by atoms with E-state index in [-0.39, 0.29) is 0 Å². The third-order valence-electron chi connectivity index (χ3n) is 5.42. The van der Waals surface area contributed by atoms with Crippen molar-refractivity contribution in [1.82, 2.24) is 29.9 Å². The molecule has 6 heterocycles. The van der Waals surface area contributed by atoms with Crippen LogP contribution in [0.4, 0.5) is 0 Å². The van der Waals surface area contributed by atoms with Gasteiger partial charge in [-0.2, -0.15) is 0 Å². The number of hydrogen-bond donors (Lipinski definition) is 1. The van der Waals surface area contributed by atoms with Crippen molar-refractivity contribution < 1.29 is 0 Å². The molecule has 0 aliphatic heterocycles. The normalized spacial score (nSPS) is 9.90. The first kappa shape index (κ1) is 26.9. The van der Waals surface area contributed by atoms with Gasteiger partial charge in [-0.05, 0) is 90.8 Å². The van der Waals surface area contributed by atoms with Crippen LogP contribution in [0, 0.1) is 6.92 Å². The third-order valence-corrected chi connectivity index (χ3v) is 5.42. The van der Waals surface area contributed by atoms with Crippen LogP contribution in [-0.2, 0) is 6.54 Å². The minimum absolute atomic E-state index is 0.529. The van der Waals surface area contributed by atoms with Gasteiger partial charge in [0.2, 0.25) is 0 Å². The number of rotatable bonds is 4. The Morgan fingerprint density at radius 3 is 1.18 bits per heavy atom. The Balaban J connectivity index is 0.000000137. The third kappa shape index (κ3) is 8.45. The Hall–Kier alpha value is -5.14. The van der Waals surface area contributed by atoms with Crippen molar-refractivity contribution in [3.8, 4) is 34.2 Å². The van der Waals surface area contributed by atoms with Gasteiger partial charge >= 0.3 is 0 Å². The van der Waals surface area contributed by atoms with Crippen LogP contribution in [-0.4, -0.2) is 29.9 Å². The zero-order chi connectivity index (χ0) is 27.1. The van der Waals surface area contributed by atoms with E-state index in [4.69, 9.17) is 5.73 Å². The van der Waals surface area contributed by atoms with E-state index in [1.54, 1.807) is 37.2 Å². The van der Waals surface area contributed by atoms with Gasteiger partial charge in [0.05, 0.1) is 34.2 Å². The molecule has 0 bridgehead atoms. The topological polar surface area (TPSA) is 103 Å². The first-order valence-corrected chi connectivity index (χ1v) is 12.5. The van der Waals surface area contributed by atoms with Gasteiger partial charge in [0.15, 0.2) is 0 Å². The van der Waals surface area contributed by atoms with Gasteiger partial charge in [-0.15, -0.1) is 0 Å². The summed E-state index contributed by atoms with van der Waals surface area (Å²) in [5, 5.41) is 0. The van der Waals surface area contributed by atoms with E-state index in [1.165, 1.54) is 5.56 Å². The van der Waals surface area contributed by atoms with Crippen LogP contribution < -0.4 is 5.73 Å². The fraction of sp³-hybridized carbons (Fsp3) is 0.0625. The highest BCUT2D eigenvalue weighted by atomic mass is 14.8. The summed E-state index contributed by atoms with van der Waals surface area (Å²) in [5.74, 6) is 0. The molecule has 7 nitrogen and oxygen atoms in total. The molecule has 0 saturated carbocycles. The van der Waals surface area contributed by atoms with Crippen molar-refractivity contribution in [2.45, 2.75) is 13.5 Å². The standard InChI is InChI=1S/C12H13N3.2C10H8N2/c1-9-2-4-14-11(6-9)12-7-10(8-13)3-5-15-12;2*1-3-7-11-9(5-1)10-6-2-4-8-12-10/h2-7H,8,13H2,1H3;2*1-8H. The van der Waals surface area contributed by atoms with Gasteiger partial charge in [-0.3, -0.25) is 29.9 Å². The average Bonchev–Trinajstić information content (AvgIpc) is 3.03. The lowest BCUT2D eigenvalue weighted by Gasteiger charge is -2.02. The van der Waals surface area contributed by atoms with E-state index < -0.39 is 0 Å². The van der Waals surface area contributed by atoms with Gasteiger partial charge < -0.3 is 5.73 Å². The fourth-order valence-electron chi connectivity index (χ4n) is 3.47. The molecule has 0 aromatic carbocycles. The lowest BCUT2D eigenvalue weighted by atomic mass is 10.1. The second kappa shape index (κ2) is 14.6. The zero-order valence-corrected chi connectivity index (χ0v) is 21.7. The van der Waals surface area contributed by atoms with E-state index in [0.717, 1.165) is 39.7 Å². The maximum Gasteiger partial charge on any atom is 0.0889 e. The van der Waals surface area contributed by atoms with Gasteiger partial charge in [0, 0.05) is 43.7 Å². The first-order chi connectivity index (χ1) is 19.2. The van der Waals surface area contributed by atoms with Crippen LogP contribution in [0.15, 0.2) is 134 Å². The van der Waals surface area contributed by atoms with Gasteiger partial charge in [-0.1, -0.05) is 24.3 Å². The molecule has 0 amide bonds. The number of nitrogens with two attached hydrogens (primary N) is 1. The molecule has 0 radical (unpaired) electrons. The summed E-state index contributed by atoms with van der Waals surface area (Å²) in [4.78, 5) is 25.3. The van der Waals surface area contributed by atoms with Gasteiger partial charge in [-0.25, -0.2) is 0 Å². The summed E-state index contributed by atoms with van der Waals surface area (Å²) in [7, 11) is 0. The van der Waals surface area contributed by atoms with Gasteiger partial charge in [0.25, 0.3) is 0 Å². The summed E-state index contributed by atoms with van der Waals surface area (Å²) < 4.78 is 0. The first-order valence-electron chi connectivity index (χ1n) is 12.5. The molecule has 0 aliphatic rings. The minimum Gasteiger partial charge on any atom is -0.326 e. The number of pyridine rings is 6. The molecule has 6 aromatic rings. The molecule has 7 heteroatoms. The predicted octanol–water partition coefficient (Wildman–Crippen LogP) is 6.20. The van der Waals surface area contributed by atoms with Gasteiger partial charge in [0.1, 0.15) is 0 Å².